The van der Waals surface area contributed by atoms with Gasteiger partial charge >= 0.3 is 5.97 Å². The van der Waals surface area contributed by atoms with E-state index < -0.39 is 11.9 Å². The Kier molecular flexibility index (Phi) is 4.22. The summed E-state index contributed by atoms with van der Waals surface area (Å²) in [5, 5.41) is 9.09. The van der Waals surface area contributed by atoms with Crippen molar-refractivity contribution in [3.05, 3.63) is 24.0 Å². The maximum Gasteiger partial charge on any atom is 0.308 e. The predicted molar refractivity (Wildman–Crippen MR) is 74.8 cm³/mol. The lowest BCUT2D eigenvalue weighted by atomic mass is 9.97. The predicted octanol–water partition coefficient (Wildman–Crippen LogP) is 1.08. The fourth-order valence-electron chi connectivity index (χ4n) is 2.48. The zero-order valence-electron chi connectivity index (χ0n) is 11.7. The first-order valence-electron chi connectivity index (χ1n) is 6.64. The third-order valence-electron chi connectivity index (χ3n) is 3.57. The SMILES string of the molecule is CN(C)c1ccncc1C(=O)N1CCCC(C(=O)O)C1. The van der Waals surface area contributed by atoms with Gasteiger partial charge in [0.2, 0.25) is 0 Å². The Bertz CT molecular complexity index is 516. The number of pyridine rings is 1. The monoisotopic (exact) mass is 277 g/mol. The molecule has 1 fully saturated rings. The number of rotatable bonds is 3. The van der Waals surface area contributed by atoms with E-state index in [9.17, 15) is 9.59 Å². The van der Waals surface area contributed by atoms with Crippen molar-refractivity contribution < 1.29 is 14.7 Å². The standard InChI is InChI=1S/C14H19N3O3/c1-16(2)12-5-6-15-8-11(12)13(18)17-7-3-4-10(9-17)14(19)20/h5-6,8,10H,3-4,7,9H2,1-2H3,(H,19,20). The zero-order valence-corrected chi connectivity index (χ0v) is 11.7. The molecule has 1 N–H and O–H groups in total. The molecule has 2 rings (SSSR count). The second-order valence-corrected chi connectivity index (χ2v) is 5.22. The Hall–Kier alpha value is -2.11. The fraction of sp³-hybridized carbons (Fsp3) is 0.500. The van der Waals surface area contributed by atoms with Crippen LogP contribution >= 0.6 is 0 Å². The van der Waals surface area contributed by atoms with E-state index in [1.807, 2.05) is 19.0 Å². The van der Waals surface area contributed by atoms with Gasteiger partial charge in [0.25, 0.3) is 5.91 Å². The van der Waals surface area contributed by atoms with Crippen LogP contribution in [0.2, 0.25) is 0 Å². The summed E-state index contributed by atoms with van der Waals surface area (Å²) < 4.78 is 0. The van der Waals surface area contributed by atoms with Crippen molar-refractivity contribution in [1.29, 1.82) is 0 Å². The molecule has 0 aliphatic carbocycles. The summed E-state index contributed by atoms with van der Waals surface area (Å²) in [7, 11) is 3.73. The number of hydrogen-bond acceptors (Lipinski definition) is 4. The van der Waals surface area contributed by atoms with Gasteiger partial charge in [0.05, 0.1) is 17.2 Å². The highest BCUT2D eigenvalue weighted by Gasteiger charge is 2.29. The minimum absolute atomic E-state index is 0.146. The molecule has 1 saturated heterocycles. The van der Waals surface area contributed by atoms with E-state index in [4.69, 9.17) is 5.11 Å². The van der Waals surface area contributed by atoms with Crippen LogP contribution in [-0.2, 0) is 4.79 Å². The van der Waals surface area contributed by atoms with Gasteiger partial charge in [0.1, 0.15) is 0 Å². The highest BCUT2D eigenvalue weighted by molar-refractivity contribution is 5.99. The van der Waals surface area contributed by atoms with Gasteiger partial charge in [-0.25, -0.2) is 0 Å². The summed E-state index contributed by atoms with van der Waals surface area (Å²) in [6.45, 7) is 0.875. The lowest BCUT2D eigenvalue weighted by Crippen LogP contribution is -2.42. The summed E-state index contributed by atoms with van der Waals surface area (Å²) in [6.07, 6.45) is 4.54. The Morgan fingerprint density at radius 2 is 2.20 bits per heavy atom. The van der Waals surface area contributed by atoms with Crippen molar-refractivity contribution >= 4 is 17.6 Å². The number of carbonyl (C=O) groups is 2. The summed E-state index contributed by atoms with van der Waals surface area (Å²) in [6, 6.07) is 1.78. The first-order chi connectivity index (χ1) is 9.50. The number of carbonyl (C=O) groups excluding carboxylic acids is 1. The average Bonchev–Trinajstić information content (AvgIpc) is 2.46. The summed E-state index contributed by atoms with van der Waals surface area (Å²) in [5.41, 5.74) is 1.31. The number of likely N-dealkylation sites (tertiary alicyclic amines) is 1. The molecular weight excluding hydrogens is 258 g/mol. The van der Waals surface area contributed by atoms with E-state index in [0.717, 1.165) is 12.1 Å². The maximum absolute atomic E-state index is 12.6. The van der Waals surface area contributed by atoms with Gasteiger partial charge in [-0.2, -0.15) is 0 Å². The number of carboxylic acid groups (broad SMARTS) is 1. The number of piperidine rings is 1. The molecule has 0 saturated carbocycles. The van der Waals surface area contributed by atoms with Gasteiger partial charge in [0, 0.05) is 39.6 Å². The van der Waals surface area contributed by atoms with Crippen LogP contribution < -0.4 is 4.90 Å². The van der Waals surface area contributed by atoms with Crippen molar-refractivity contribution in [2.45, 2.75) is 12.8 Å². The molecule has 1 amide bonds. The van der Waals surface area contributed by atoms with Crippen LogP contribution in [0.15, 0.2) is 18.5 Å². The summed E-state index contributed by atoms with van der Waals surface area (Å²) in [4.78, 5) is 31.1. The average molecular weight is 277 g/mol. The molecule has 108 valence electrons. The molecule has 0 radical (unpaired) electrons. The van der Waals surface area contributed by atoms with E-state index >= 15 is 0 Å². The topological polar surface area (TPSA) is 73.7 Å². The van der Waals surface area contributed by atoms with E-state index in [1.54, 1.807) is 23.4 Å². The lowest BCUT2D eigenvalue weighted by molar-refractivity contribution is -0.143. The number of nitrogens with zero attached hydrogens (tertiary/aromatic N) is 3. The Balaban J connectivity index is 2.21. The van der Waals surface area contributed by atoms with Gasteiger partial charge in [-0.3, -0.25) is 14.6 Å². The van der Waals surface area contributed by atoms with Crippen molar-refractivity contribution in [2.24, 2.45) is 5.92 Å². The van der Waals surface area contributed by atoms with E-state index in [0.29, 0.717) is 18.5 Å². The van der Waals surface area contributed by atoms with Gasteiger partial charge < -0.3 is 14.9 Å². The van der Waals surface area contributed by atoms with Gasteiger partial charge in [-0.15, -0.1) is 0 Å². The number of aromatic nitrogens is 1. The highest BCUT2D eigenvalue weighted by atomic mass is 16.4. The van der Waals surface area contributed by atoms with Crippen molar-refractivity contribution in [3.8, 4) is 0 Å². The second-order valence-electron chi connectivity index (χ2n) is 5.22. The molecule has 6 nitrogen and oxygen atoms in total. The smallest absolute Gasteiger partial charge is 0.308 e. The lowest BCUT2D eigenvalue weighted by Gasteiger charge is -2.31. The van der Waals surface area contributed by atoms with Crippen molar-refractivity contribution in [1.82, 2.24) is 9.88 Å². The molecule has 0 spiro atoms. The molecule has 1 unspecified atom stereocenters. The largest absolute Gasteiger partial charge is 0.481 e. The molecule has 1 atom stereocenters. The third-order valence-corrected chi connectivity index (χ3v) is 3.57. The zero-order chi connectivity index (χ0) is 14.7. The molecule has 20 heavy (non-hydrogen) atoms. The number of hydrogen-bond donors (Lipinski definition) is 1. The minimum atomic E-state index is -0.832. The minimum Gasteiger partial charge on any atom is -0.481 e. The first kappa shape index (κ1) is 14.3. The Morgan fingerprint density at radius 3 is 2.85 bits per heavy atom. The van der Waals surface area contributed by atoms with Crippen LogP contribution in [0.4, 0.5) is 5.69 Å². The van der Waals surface area contributed by atoms with E-state index in [-0.39, 0.29) is 12.5 Å². The number of amides is 1. The molecule has 1 aromatic heterocycles. The molecule has 0 aromatic carbocycles. The van der Waals surface area contributed by atoms with Crippen LogP contribution in [-0.4, -0.2) is 54.1 Å². The van der Waals surface area contributed by atoms with Gasteiger partial charge in [-0.1, -0.05) is 0 Å². The van der Waals surface area contributed by atoms with Crippen molar-refractivity contribution in [3.63, 3.8) is 0 Å². The molecule has 2 heterocycles. The van der Waals surface area contributed by atoms with Gasteiger partial charge in [-0.05, 0) is 18.9 Å². The molecule has 0 bridgehead atoms. The van der Waals surface area contributed by atoms with Crippen LogP contribution in [0.1, 0.15) is 23.2 Å². The third kappa shape index (κ3) is 2.89. The van der Waals surface area contributed by atoms with Crippen LogP contribution in [0.25, 0.3) is 0 Å². The summed E-state index contributed by atoms with van der Waals surface area (Å²) >= 11 is 0. The molecule has 1 aliphatic rings. The van der Waals surface area contributed by atoms with Crippen LogP contribution in [0.3, 0.4) is 0 Å². The second kappa shape index (κ2) is 5.90. The first-order valence-corrected chi connectivity index (χ1v) is 6.64. The van der Waals surface area contributed by atoms with Crippen LogP contribution in [0, 0.1) is 5.92 Å². The number of carboxylic acids is 1. The van der Waals surface area contributed by atoms with E-state index in [1.165, 1.54) is 0 Å². The normalized spacial score (nSPS) is 18.7. The molecule has 6 heteroatoms. The highest BCUT2D eigenvalue weighted by Crippen LogP contribution is 2.23. The quantitative estimate of drug-likeness (QED) is 0.895. The Morgan fingerprint density at radius 1 is 1.45 bits per heavy atom. The van der Waals surface area contributed by atoms with E-state index in [2.05, 4.69) is 4.98 Å². The van der Waals surface area contributed by atoms with Crippen molar-refractivity contribution in [2.75, 3.05) is 32.1 Å². The summed E-state index contributed by atoms with van der Waals surface area (Å²) in [5.74, 6) is -1.44. The molecule has 1 aliphatic heterocycles. The molecule has 1 aromatic rings. The fourth-order valence-corrected chi connectivity index (χ4v) is 2.48. The molecular formula is C14H19N3O3. The van der Waals surface area contributed by atoms with Gasteiger partial charge in [0.15, 0.2) is 0 Å². The Labute approximate surface area is 118 Å². The van der Waals surface area contributed by atoms with Crippen LogP contribution in [0.5, 0.6) is 0 Å². The number of anilines is 1. The maximum atomic E-state index is 12.6. The number of aliphatic carboxylic acids is 1.